The summed E-state index contributed by atoms with van der Waals surface area (Å²) in [5, 5.41) is 13.8. The summed E-state index contributed by atoms with van der Waals surface area (Å²) in [6, 6.07) is 13.6. The number of piperidine rings is 1. The van der Waals surface area contributed by atoms with Crippen LogP contribution in [0.25, 0.3) is 27.2 Å². The minimum Gasteiger partial charge on any atom is -0.494 e. The highest BCUT2D eigenvalue weighted by molar-refractivity contribution is 7.15. The Morgan fingerprint density at radius 3 is 2.50 bits per heavy atom. The maximum Gasteiger partial charge on any atom is 0.433 e. The third kappa shape index (κ3) is 4.73. The van der Waals surface area contributed by atoms with Crippen molar-refractivity contribution < 1.29 is 23.0 Å². The van der Waals surface area contributed by atoms with Crippen LogP contribution in [0.15, 0.2) is 54.1 Å². The van der Waals surface area contributed by atoms with Gasteiger partial charge in [-0.25, -0.2) is 9.97 Å². The van der Waals surface area contributed by atoms with Crippen molar-refractivity contribution in [3.05, 3.63) is 81.0 Å². The highest BCUT2D eigenvalue weighted by atomic mass is 35.5. The van der Waals surface area contributed by atoms with E-state index in [1.54, 1.807) is 6.07 Å². The third-order valence-electron chi connectivity index (χ3n) is 13.2. The van der Waals surface area contributed by atoms with Crippen molar-refractivity contribution in [3.63, 3.8) is 0 Å². The number of pyridine rings is 1. The fourth-order valence-corrected chi connectivity index (χ4v) is 11.9. The molecule has 6 fully saturated rings. The molecule has 0 spiro atoms. The highest BCUT2D eigenvalue weighted by Crippen LogP contribution is 2.77. The number of aromatic nitrogens is 2. The Balaban J connectivity index is 1.19. The number of rotatable bonds is 6. The van der Waals surface area contributed by atoms with Crippen molar-refractivity contribution in [2.24, 2.45) is 40.7 Å². The van der Waals surface area contributed by atoms with Gasteiger partial charge in [0.1, 0.15) is 27.7 Å². The number of nitrogens with two attached hydrogens (primary N) is 1. The first-order valence-electron chi connectivity index (χ1n) is 17.7. The SMILES string of the molecule is COc1ccc(-c2nc(/C(=C3\C4CC5CC6CC(C5C4)C36C)N3CCC(O)(c4ccc(Cl)cc4)CC3)c(CN)s2)c2ccc(C(F)(F)F)nc12. The van der Waals surface area contributed by atoms with E-state index in [1.165, 1.54) is 61.5 Å². The number of alkyl halides is 3. The van der Waals surface area contributed by atoms with E-state index in [9.17, 15) is 18.3 Å². The van der Waals surface area contributed by atoms with Gasteiger partial charge in [0.2, 0.25) is 0 Å². The first-order valence-corrected chi connectivity index (χ1v) is 18.9. The molecule has 6 aliphatic rings. The van der Waals surface area contributed by atoms with Crippen LogP contribution in [0, 0.1) is 35.0 Å². The third-order valence-corrected chi connectivity index (χ3v) is 14.6. The van der Waals surface area contributed by atoms with Crippen LogP contribution in [0.5, 0.6) is 5.75 Å². The van der Waals surface area contributed by atoms with E-state index in [0.717, 1.165) is 34.0 Å². The minimum absolute atomic E-state index is 0.111. The summed E-state index contributed by atoms with van der Waals surface area (Å²) in [7, 11) is 1.44. The molecule has 6 atom stereocenters. The largest absolute Gasteiger partial charge is 0.494 e. The number of ether oxygens (including phenoxy) is 1. The summed E-state index contributed by atoms with van der Waals surface area (Å²) < 4.78 is 46.6. The van der Waals surface area contributed by atoms with Gasteiger partial charge in [0.25, 0.3) is 0 Å². The fourth-order valence-electron chi connectivity index (χ4n) is 10.8. The number of thiazole rings is 1. The molecule has 0 radical (unpaired) electrons. The molecule has 5 saturated carbocycles. The lowest BCUT2D eigenvalue weighted by atomic mass is 9.39. The van der Waals surface area contributed by atoms with Gasteiger partial charge < -0.3 is 20.5 Å². The number of fused-ring (bicyclic) bond motifs is 2. The molecule has 5 bridgehead atoms. The average Bonchev–Trinajstić information content (AvgIpc) is 3.71. The second kappa shape index (κ2) is 11.4. The number of hydrogen-bond donors (Lipinski definition) is 2. The first-order chi connectivity index (χ1) is 23.9. The Kier molecular flexibility index (Phi) is 7.46. The minimum atomic E-state index is -4.58. The number of aliphatic hydroxyl groups is 1. The molecule has 6 unspecified atom stereocenters. The summed E-state index contributed by atoms with van der Waals surface area (Å²) in [6.45, 7) is 4.12. The van der Waals surface area contributed by atoms with Crippen LogP contribution in [-0.4, -0.2) is 40.2 Å². The van der Waals surface area contributed by atoms with E-state index in [-0.39, 0.29) is 23.2 Å². The van der Waals surface area contributed by atoms with Gasteiger partial charge in [-0.3, -0.25) is 0 Å². The standard InChI is InChI=1S/C39H40ClF3N4O2S/c1-37-23-16-20-15-21(17-27(20)28(37)18-23)32(37)35(47-13-11-38(48,12-14-47)22-3-5-24(40)6-4-22)34-30(19-44)50-36(46-34)26-7-9-29(49-2)33-25(26)8-10-31(45-33)39(41,42)43/h3-10,20-21,23,27-28,48H,11-19,44H2,1-2H3/b35-32-. The van der Waals surface area contributed by atoms with E-state index in [1.807, 2.05) is 30.3 Å². The van der Waals surface area contributed by atoms with E-state index >= 15 is 0 Å². The molecule has 10 rings (SSSR count). The summed E-state index contributed by atoms with van der Waals surface area (Å²) in [6.07, 6.45) is 1.60. The van der Waals surface area contributed by atoms with Crippen molar-refractivity contribution in [1.82, 2.24) is 14.9 Å². The van der Waals surface area contributed by atoms with Crippen LogP contribution in [0.2, 0.25) is 5.02 Å². The molecular weight excluding hydrogens is 681 g/mol. The molecule has 262 valence electrons. The Hall–Kier alpha value is -3.18. The summed E-state index contributed by atoms with van der Waals surface area (Å²) in [4.78, 5) is 12.8. The van der Waals surface area contributed by atoms with E-state index in [0.29, 0.717) is 64.7 Å². The molecule has 1 aliphatic heterocycles. The van der Waals surface area contributed by atoms with Gasteiger partial charge in [-0.15, -0.1) is 11.3 Å². The monoisotopic (exact) mass is 720 g/mol. The van der Waals surface area contributed by atoms with Crippen molar-refractivity contribution in [3.8, 4) is 16.3 Å². The van der Waals surface area contributed by atoms with E-state index in [2.05, 4.69) is 16.8 Å². The molecule has 3 heterocycles. The zero-order valence-corrected chi connectivity index (χ0v) is 29.6. The Morgan fingerprint density at radius 1 is 1.04 bits per heavy atom. The maximum absolute atomic E-state index is 13.7. The smallest absolute Gasteiger partial charge is 0.433 e. The number of hydrogen-bond acceptors (Lipinski definition) is 7. The van der Waals surface area contributed by atoms with Gasteiger partial charge >= 0.3 is 6.18 Å². The molecule has 3 N–H and O–H groups in total. The van der Waals surface area contributed by atoms with Gasteiger partial charge in [-0.05, 0) is 121 Å². The Labute approximate surface area is 298 Å². The lowest BCUT2D eigenvalue weighted by molar-refractivity contribution is -0.140. The average molecular weight is 721 g/mol. The molecule has 0 amide bonds. The number of allylic oxidation sites excluding steroid dienone is 1. The Bertz CT molecular complexity index is 2040. The molecule has 2 aromatic carbocycles. The predicted octanol–water partition coefficient (Wildman–Crippen LogP) is 8.89. The summed E-state index contributed by atoms with van der Waals surface area (Å²) in [5.41, 5.74) is 10.1. The second-order valence-electron chi connectivity index (χ2n) is 15.3. The molecule has 5 aliphatic carbocycles. The lowest BCUT2D eigenvalue weighted by Crippen LogP contribution is -2.59. The quantitative estimate of drug-likeness (QED) is 0.207. The van der Waals surface area contributed by atoms with Crippen LogP contribution in [-0.2, 0) is 18.3 Å². The zero-order chi connectivity index (χ0) is 34.7. The summed E-state index contributed by atoms with van der Waals surface area (Å²) >= 11 is 7.69. The summed E-state index contributed by atoms with van der Waals surface area (Å²) in [5.74, 6) is 3.72. The number of methoxy groups -OCH3 is 1. The van der Waals surface area contributed by atoms with Crippen LogP contribution in [0.3, 0.4) is 0 Å². The number of nitrogens with zero attached hydrogens (tertiary/aromatic N) is 3. The molecule has 11 heteroatoms. The molecule has 6 nitrogen and oxygen atoms in total. The highest BCUT2D eigenvalue weighted by Gasteiger charge is 2.69. The molecule has 50 heavy (non-hydrogen) atoms. The molecule has 1 saturated heterocycles. The van der Waals surface area contributed by atoms with Gasteiger partial charge in [0.05, 0.1) is 18.4 Å². The first kappa shape index (κ1) is 32.7. The number of halogens is 4. The lowest BCUT2D eigenvalue weighted by Gasteiger charge is -2.66. The van der Waals surface area contributed by atoms with Crippen molar-refractivity contribution in [1.29, 1.82) is 0 Å². The van der Waals surface area contributed by atoms with Gasteiger partial charge in [-0.2, -0.15) is 13.2 Å². The Morgan fingerprint density at radius 2 is 1.80 bits per heavy atom. The van der Waals surface area contributed by atoms with Crippen LogP contribution in [0.1, 0.15) is 67.3 Å². The van der Waals surface area contributed by atoms with E-state index in [4.69, 9.17) is 27.1 Å². The maximum atomic E-state index is 13.7. The second-order valence-corrected chi connectivity index (χ2v) is 16.9. The van der Waals surface area contributed by atoms with Gasteiger partial charge in [-0.1, -0.05) is 30.7 Å². The predicted molar refractivity (Wildman–Crippen MR) is 189 cm³/mol. The van der Waals surface area contributed by atoms with E-state index < -0.39 is 17.5 Å². The zero-order valence-electron chi connectivity index (χ0n) is 28.1. The van der Waals surface area contributed by atoms with Crippen molar-refractivity contribution in [2.75, 3.05) is 20.2 Å². The van der Waals surface area contributed by atoms with Crippen LogP contribution >= 0.6 is 22.9 Å². The van der Waals surface area contributed by atoms with Crippen molar-refractivity contribution in [2.45, 2.75) is 63.8 Å². The number of likely N-dealkylation sites (tertiary alicyclic amines) is 1. The van der Waals surface area contributed by atoms with Crippen LogP contribution < -0.4 is 10.5 Å². The molecule has 2 aromatic heterocycles. The van der Waals surface area contributed by atoms with Gasteiger partial charge in [0, 0.05) is 40.5 Å². The fraction of sp³-hybridized carbons (Fsp3) is 0.487. The topological polar surface area (TPSA) is 84.5 Å². The normalized spacial score (nSPS) is 30.5. The molecular formula is C39H40ClF3N4O2S. The van der Waals surface area contributed by atoms with Crippen molar-refractivity contribution >= 4 is 39.5 Å². The van der Waals surface area contributed by atoms with Gasteiger partial charge in [0.15, 0.2) is 0 Å². The van der Waals surface area contributed by atoms with Crippen LogP contribution in [0.4, 0.5) is 13.2 Å². The number of benzene rings is 2. The molecule has 4 aromatic rings.